The molecule has 102 valence electrons. The fourth-order valence-corrected chi connectivity index (χ4v) is 3.45. The average Bonchev–Trinajstić information content (AvgIpc) is 2.97. The molecule has 2 rings (SSSR count). The molecular formula is C15H26N2O. The van der Waals surface area contributed by atoms with Gasteiger partial charge in [0.05, 0.1) is 0 Å². The van der Waals surface area contributed by atoms with Crippen molar-refractivity contribution in [2.45, 2.75) is 64.7 Å². The summed E-state index contributed by atoms with van der Waals surface area (Å²) in [6.07, 6.45) is 12.7. The Kier molecular flexibility index (Phi) is 5.21. The smallest absolute Gasteiger partial charge is 0.240 e. The zero-order valence-corrected chi connectivity index (χ0v) is 11.5. The Morgan fingerprint density at radius 1 is 1.28 bits per heavy atom. The predicted molar refractivity (Wildman–Crippen MR) is 74.3 cm³/mol. The van der Waals surface area contributed by atoms with E-state index in [2.05, 4.69) is 17.5 Å². The quantitative estimate of drug-likeness (QED) is 0.419. The Bertz CT molecular complexity index is 301. The molecule has 0 aliphatic heterocycles. The average molecular weight is 250 g/mol. The molecule has 0 spiro atoms. The van der Waals surface area contributed by atoms with E-state index >= 15 is 0 Å². The molecule has 0 saturated heterocycles. The maximum absolute atomic E-state index is 11.5. The Morgan fingerprint density at radius 3 is 2.83 bits per heavy atom. The lowest BCUT2D eigenvalue weighted by Crippen LogP contribution is -2.19. The third kappa shape index (κ3) is 3.82. The lowest BCUT2D eigenvalue weighted by molar-refractivity contribution is -0.121. The minimum atomic E-state index is 0.0745. The fourth-order valence-electron chi connectivity index (χ4n) is 3.45. The Morgan fingerprint density at radius 2 is 2.17 bits per heavy atom. The predicted octanol–water partition coefficient (Wildman–Crippen LogP) is 3.50. The molecule has 1 amide bonds. The first-order valence-electron chi connectivity index (χ1n) is 7.61. The number of hydrogen-bond donors (Lipinski definition) is 1. The van der Waals surface area contributed by atoms with Crippen molar-refractivity contribution in [2.24, 2.45) is 22.9 Å². The topological polar surface area (TPSA) is 41.5 Å². The van der Waals surface area contributed by atoms with E-state index in [9.17, 15) is 4.79 Å². The molecule has 0 heterocycles. The van der Waals surface area contributed by atoms with Gasteiger partial charge < -0.3 is 0 Å². The van der Waals surface area contributed by atoms with Gasteiger partial charge in [-0.15, -0.1) is 0 Å². The first-order chi connectivity index (χ1) is 8.79. The molecule has 0 aromatic heterocycles. The first-order valence-corrected chi connectivity index (χ1v) is 7.61. The van der Waals surface area contributed by atoms with Gasteiger partial charge in [-0.05, 0) is 43.4 Å². The number of hydrazone groups is 1. The third-order valence-electron chi connectivity index (χ3n) is 4.51. The van der Waals surface area contributed by atoms with Crippen molar-refractivity contribution in [3.05, 3.63) is 0 Å². The summed E-state index contributed by atoms with van der Waals surface area (Å²) in [6.45, 7) is 2.18. The summed E-state index contributed by atoms with van der Waals surface area (Å²) in [6, 6.07) is 0. The molecule has 1 N–H and O–H groups in total. The second-order valence-corrected chi connectivity index (χ2v) is 5.96. The van der Waals surface area contributed by atoms with Crippen molar-refractivity contribution in [1.82, 2.24) is 5.43 Å². The van der Waals surface area contributed by atoms with E-state index in [1.54, 1.807) is 0 Å². The van der Waals surface area contributed by atoms with E-state index in [0.717, 1.165) is 24.7 Å². The molecular weight excluding hydrogens is 224 g/mol. The van der Waals surface area contributed by atoms with Gasteiger partial charge in [0.2, 0.25) is 5.91 Å². The number of nitrogens with zero attached hydrogens (tertiary/aromatic N) is 1. The van der Waals surface area contributed by atoms with E-state index in [-0.39, 0.29) is 5.91 Å². The first kappa shape index (κ1) is 13.6. The Hall–Kier alpha value is -0.860. The van der Waals surface area contributed by atoms with Crippen LogP contribution in [0.2, 0.25) is 0 Å². The van der Waals surface area contributed by atoms with Gasteiger partial charge in [0, 0.05) is 12.6 Å². The van der Waals surface area contributed by atoms with E-state index < -0.39 is 0 Å². The van der Waals surface area contributed by atoms with Crippen LogP contribution in [0.15, 0.2) is 5.10 Å². The molecule has 2 aliphatic carbocycles. The SMILES string of the molecule is CCCCCCC(=O)N/N=C/C1CC2CCC1C2. The summed E-state index contributed by atoms with van der Waals surface area (Å²) in [4.78, 5) is 11.5. The van der Waals surface area contributed by atoms with Crippen molar-refractivity contribution in [3.63, 3.8) is 0 Å². The van der Waals surface area contributed by atoms with Crippen LogP contribution in [0, 0.1) is 17.8 Å². The highest BCUT2D eigenvalue weighted by molar-refractivity contribution is 5.76. The molecule has 18 heavy (non-hydrogen) atoms. The molecule has 3 unspecified atom stereocenters. The van der Waals surface area contributed by atoms with Gasteiger partial charge in [-0.2, -0.15) is 5.10 Å². The zero-order valence-electron chi connectivity index (χ0n) is 11.5. The van der Waals surface area contributed by atoms with Gasteiger partial charge >= 0.3 is 0 Å². The van der Waals surface area contributed by atoms with Gasteiger partial charge in [-0.1, -0.05) is 32.6 Å². The molecule has 2 bridgehead atoms. The minimum Gasteiger partial charge on any atom is -0.273 e. The monoisotopic (exact) mass is 250 g/mol. The maximum atomic E-state index is 11.5. The van der Waals surface area contributed by atoms with Crippen LogP contribution in [0.5, 0.6) is 0 Å². The molecule has 3 atom stereocenters. The molecule has 3 heteroatoms. The molecule has 2 saturated carbocycles. The summed E-state index contributed by atoms with van der Waals surface area (Å²) in [5.41, 5.74) is 2.68. The van der Waals surface area contributed by atoms with Crippen LogP contribution in [-0.4, -0.2) is 12.1 Å². The summed E-state index contributed by atoms with van der Waals surface area (Å²) in [5.74, 6) is 2.49. The number of nitrogens with one attached hydrogen (secondary N) is 1. The van der Waals surface area contributed by atoms with Crippen molar-refractivity contribution < 1.29 is 4.79 Å². The lowest BCUT2D eigenvalue weighted by Gasteiger charge is -2.16. The number of carbonyl (C=O) groups is 1. The van der Waals surface area contributed by atoms with Crippen LogP contribution in [0.1, 0.15) is 64.7 Å². The minimum absolute atomic E-state index is 0.0745. The Balaban J connectivity index is 1.58. The van der Waals surface area contributed by atoms with E-state index in [1.165, 1.54) is 38.5 Å². The standard InChI is InChI=1S/C15H26N2O/c1-2-3-4-5-6-15(18)17-16-11-14-10-12-7-8-13(14)9-12/h11-14H,2-10H2,1H3,(H,17,18)/b16-11+. The molecule has 0 aromatic carbocycles. The van der Waals surface area contributed by atoms with Crippen molar-refractivity contribution in [1.29, 1.82) is 0 Å². The van der Waals surface area contributed by atoms with Crippen molar-refractivity contribution >= 4 is 12.1 Å². The van der Waals surface area contributed by atoms with E-state index in [0.29, 0.717) is 12.3 Å². The highest BCUT2D eigenvalue weighted by atomic mass is 16.2. The van der Waals surface area contributed by atoms with Gasteiger partial charge in [0.1, 0.15) is 0 Å². The number of amides is 1. The second-order valence-electron chi connectivity index (χ2n) is 5.96. The summed E-state index contributed by atoms with van der Waals surface area (Å²) in [5, 5.41) is 4.15. The second kappa shape index (κ2) is 6.91. The third-order valence-corrected chi connectivity index (χ3v) is 4.51. The molecule has 0 radical (unpaired) electrons. The number of fused-ring (bicyclic) bond motifs is 2. The van der Waals surface area contributed by atoms with Crippen LogP contribution in [0.3, 0.4) is 0 Å². The van der Waals surface area contributed by atoms with Gasteiger partial charge in [-0.25, -0.2) is 5.43 Å². The number of unbranched alkanes of at least 4 members (excludes halogenated alkanes) is 3. The zero-order chi connectivity index (χ0) is 12.8. The number of carbonyl (C=O) groups excluding carboxylic acids is 1. The molecule has 3 nitrogen and oxygen atoms in total. The van der Waals surface area contributed by atoms with Crippen molar-refractivity contribution in [2.75, 3.05) is 0 Å². The number of rotatable bonds is 7. The summed E-state index contributed by atoms with van der Waals surface area (Å²) in [7, 11) is 0. The maximum Gasteiger partial charge on any atom is 0.240 e. The summed E-state index contributed by atoms with van der Waals surface area (Å²) >= 11 is 0. The highest BCUT2D eigenvalue weighted by Crippen LogP contribution is 2.47. The number of hydrogen-bond acceptors (Lipinski definition) is 2. The Labute approximate surface area is 110 Å². The van der Waals surface area contributed by atoms with Crippen molar-refractivity contribution in [3.8, 4) is 0 Å². The van der Waals surface area contributed by atoms with Gasteiger partial charge in [-0.3, -0.25) is 4.79 Å². The lowest BCUT2D eigenvalue weighted by atomic mass is 9.90. The van der Waals surface area contributed by atoms with E-state index in [1.807, 2.05) is 6.21 Å². The van der Waals surface area contributed by atoms with Crippen LogP contribution in [0.25, 0.3) is 0 Å². The van der Waals surface area contributed by atoms with Gasteiger partial charge in [0.25, 0.3) is 0 Å². The van der Waals surface area contributed by atoms with Crippen LogP contribution in [-0.2, 0) is 4.79 Å². The van der Waals surface area contributed by atoms with Gasteiger partial charge in [0.15, 0.2) is 0 Å². The highest BCUT2D eigenvalue weighted by Gasteiger charge is 2.38. The van der Waals surface area contributed by atoms with Crippen LogP contribution < -0.4 is 5.43 Å². The summed E-state index contributed by atoms with van der Waals surface area (Å²) < 4.78 is 0. The molecule has 2 fully saturated rings. The van der Waals surface area contributed by atoms with Crippen LogP contribution in [0.4, 0.5) is 0 Å². The largest absolute Gasteiger partial charge is 0.273 e. The normalized spacial score (nSPS) is 30.2. The van der Waals surface area contributed by atoms with E-state index in [4.69, 9.17) is 0 Å². The molecule has 2 aliphatic rings. The fraction of sp³-hybridized carbons (Fsp3) is 0.867. The molecule has 0 aromatic rings. The van der Waals surface area contributed by atoms with Crippen LogP contribution >= 0.6 is 0 Å².